The van der Waals surface area contributed by atoms with E-state index in [0.717, 1.165) is 28.2 Å². The molecule has 0 unspecified atom stereocenters. The van der Waals surface area contributed by atoms with Crippen molar-refractivity contribution in [1.29, 1.82) is 0 Å². The third kappa shape index (κ3) is 3.86. The van der Waals surface area contributed by atoms with Crippen LogP contribution in [0.2, 0.25) is 0 Å². The predicted octanol–water partition coefficient (Wildman–Crippen LogP) is 3.66. The highest BCUT2D eigenvalue weighted by molar-refractivity contribution is 9.10. The Kier molecular flexibility index (Phi) is 4.27. The van der Waals surface area contributed by atoms with Crippen LogP contribution in [0.4, 0.5) is 8.78 Å². The van der Waals surface area contributed by atoms with Gasteiger partial charge in [0.15, 0.2) is 0 Å². The Morgan fingerprint density at radius 3 is 2.21 bits per heavy atom. The van der Waals surface area contributed by atoms with Gasteiger partial charge in [0.25, 0.3) is 5.91 Å². The first-order chi connectivity index (χ1) is 9.04. The van der Waals surface area contributed by atoms with Crippen LogP contribution >= 0.6 is 15.9 Å². The molecule has 0 aliphatic rings. The van der Waals surface area contributed by atoms with E-state index in [9.17, 15) is 13.6 Å². The van der Waals surface area contributed by atoms with Crippen molar-refractivity contribution in [2.45, 2.75) is 6.54 Å². The molecule has 0 saturated heterocycles. The lowest BCUT2D eigenvalue weighted by molar-refractivity contribution is 0.0950. The fourth-order valence-corrected chi connectivity index (χ4v) is 1.84. The first-order valence-corrected chi connectivity index (χ1v) is 6.32. The summed E-state index contributed by atoms with van der Waals surface area (Å²) in [5.74, 6) is -2.05. The molecule has 0 aliphatic heterocycles. The molecule has 2 aromatic carbocycles. The second-order valence-corrected chi connectivity index (χ2v) is 4.88. The predicted molar refractivity (Wildman–Crippen MR) is 71.7 cm³/mol. The molecule has 19 heavy (non-hydrogen) atoms. The molecule has 0 fully saturated rings. The van der Waals surface area contributed by atoms with Gasteiger partial charge in [0, 0.05) is 22.6 Å². The summed E-state index contributed by atoms with van der Waals surface area (Å²) < 4.78 is 26.9. The van der Waals surface area contributed by atoms with Crippen molar-refractivity contribution < 1.29 is 13.6 Å². The minimum Gasteiger partial charge on any atom is -0.348 e. The normalized spacial score (nSPS) is 10.3. The summed E-state index contributed by atoms with van der Waals surface area (Å²) in [5.41, 5.74) is 0.864. The third-order valence-corrected chi connectivity index (χ3v) is 3.02. The summed E-state index contributed by atoms with van der Waals surface area (Å²) in [6, 6.07) is 10.1. The zero-order valence-electron chi connectivity index (χ0n) is 9.79. The Hall–Kier alpha value is -1.75. The zero-order chi connectivity index (χ0) is 13.8. The van der Waals surface area contributed by atoms with Gasteiger partial charge < -0.3 is 5.32 Å². The van der Waals surface area contributed by atoms with E-state index >= 15 is 0 Å². The van der Waals surface area contributed by atoms with Crippen LogP contribution in [0.1, 0.15) is 15.9 Å². The highest BCUT2D eigenvalue weighted by atomic mass is 79.9. The lowest BCUT2D eigenvalue weighted by atomic mass is 10.2. The fourth-order valence-electron chi connectivity index (χ4n) is 1.57. The quantitative estimate of drug-likeness (QED) is 0.916. The molecule has 0 spiro atoms. The molecule has 0 saturated carbocycles. The second kappa shape index (κ2) is 5.93. The monoisotopic (exact) mass is 325 g/mol. The largest absolute Gasteiger partial charge is 0.348 e. The van der Waals surface area contributed by atoms with Gasteiger partial charge in [0.05, 0.1) is 0 Å². The van der Waals surface area contributed by atoms with Crippen LogP contribution in [0.3, 0.4) is 0 Å². The van der Waals surface area contributed by atoms with Gasteiger partial charge >= 0.3 is 0 Å². The number of halogens is 3. The van der Waals surface area contributed by atoms with Crippen molar-refractivity contribution in [3.05, 3.63) is 69.7 Å². The zero-order valence-corrected chi connectivity index (χ0v) is 11.4. The number of rotatable bonds is 3. The maximum absolute atomic E-state index is 13.0. The van der Waals surface area contributed by atoms with Crippen LogP contribution in [0.15, 0.2) is 46.9 Å². The molecule has 2 rings (SSSR count). The SMILES string of the molecule is O=C(NCc1ccc(Br)cc1)c1cc(F)cc(F)c1. The molecule has 0 atom stereocenters. The molecular weight excluding hydrogens is 316 g/mol. The average Bonchev–Trinajstić information content (AvgIpc) is 2.36. The summed E-state index contributed by atoms with van der Waals surface area (Å²) in [7, 11) is 0. The third-order valence-electron chi connectivity index (χ3n) is 2.49. The smallest absolute Gasteiger partial charge is 0.251 e. The molecule has 1 amide bonds. The van der Waals surface area contributed by atoms with Crippen LogP contribution in [0.25, 0.3) is 0 Å². The van der Waals surface area contributed by atoms with Gasteiger partial charge in [0.2, 0.25) is 0 Å². The molecule has 0 aliphatic carbocycles. The summed E-state index contributed by atoms with van der Waals surface area (Å²) in [6.45, 7) is 0.296. The first kappa shape index (κ1) is 13.7. The molecule has 5 heteroatoms. The van der Waals surface area contributed by atoms with E-state index in [1.165, 1.54) is 0 Å². The summed E-state index contributed by atoms with van der Waals surface area (Å²) in [5, 5.41) is 2.60. The van der Waals surface area contributed by atoms with Gasteiger partial charge in [-0.2, -0.15) is 0 Å². The van der Waals surface area contributed by atoms with E-state index in [0.29, 0.717) is 6.54 Å². The van der Waals surface area contributed by atoms with Gasteiger partial charge in [-0.3, -0.25) is 4.79 Å². The Balaban J connectivity index is 2.03. The summed E-state index contributed by atoms with van der Waals surface area (Å²) >= 11 is 3.31. The minimum atomic E-state index is -0.770. The van der Waals surface area contributed by atoms with E-state index < -0.39 is 17.5 Å². The number of carbonyl (C=O) groups is 1. The van der Waals surface area contributed by atoms with Gasteiger partial charge in [-0.15, -0.1) is 0 Å². The molecule has 0 heterocycles. The van der Waals surface area contributed by atoms with E-state index in [1.54, 1.807) is 0 Å². The molecular formula is C14H10BrF2NO. The highest BCUT2D eigenvalue weighted by Gasteiger charge is 2.08. The van der Waals surface area contributed by atoms with Gasteiger partial charge in [-0.25, -0.2) is 8.78 Å². The van der Waals surface area contributed by atoms with Gasteiger partial charge in [0.1, 0.15) is 11.6 Å². The number of hydrogen-bond donors (Lipinski definition) is 1. The second-order valence-electron chi connectivity index (χ2n) is 3.97. The van der Waals surface area contributed by atoms with Crippen molar-refractivity contribution >= 4 is 21.8 Å². The number of nitrogens with one attached hydrogen (secondary N) is 1. The Morgan fingerprint density at radius 1 is 1.05 bits per heavy atom. The van der Waals surface area contributed by atoms with Crippen LogP contribution in [-0.4, -0.2) is 5.91 Å². The van der Waals surface area contributed by atoms with E-state index in [1.807, 2.05) is 24.3 Å². The average molecular weight is 326 g/mol. The van der Waals surface area contributed by atoms with Crippen LogP contribution < -0.4 is 5.32 Å². The van der Waals surface area contributed by atoms with E-state index in [-0.39, 0.29) is 5.56 Å². The molecule has 2 nitrogen and oxygen atoms in total. The minimum absolute atomic E-state index is 0.0328. The van der Waals surface area contributed by atoms with Gasteiger partial charge in [-0.05, 0) is 29.8 Å². The Labute approximate surface area is 117 Å². The number of amides is 1. The van der Waals surface area contributed by atoms with Crippen molar-refractivity contribution in [3.8, 4) is 0 Å². The van der Waals surface area contributed by atoms with Crippen LogP contribution in [0.5, 0.6) is 0 Å². The van der Waals surface area contributed by atoms with Crippen LogP contribution in [0, 0.1) is 11.6 Å². The molecule has 98 valence electrons. The number of carbonyl (C=O) groups excluding carboxylic acids is 1. The van der Waals surface area contributed by atoms with Crippen molar-refractivity contribution in [2.24, 2.45) is 0 Å². The molecule has 0 radical (unpaired) electrons. The van der Waals surface area contributed by atoms with Crippen molar-refractivity contribution in [1.82, 2.24) is 5.32 Å². The van der Waals surface area contributed by atoms with Crippen molar-refractivity contribution in [3.63, 3.8) is 0 Å². The Bertz CT molecular complexity index is 579. The summed E-state index contributed by atoms with van der Waals surface area (Å²) in [4.78, 5) is 11.7. The maximum Gasteiger partial charge on any atom is 0.251 e. The van der Waals surface area contributed by atoms with E-state index in [2.05, 4.69) is 21.2 Å². The Morgan fingerprint density at radius 2 is 1.63 bits per heavy atom. The van der Waals surface area contributed by atoms with Crippen LogP contribution in [-0.2, 0) is 6.54 Å². The lowest BCUT2D eigenvalue weighted by Crippen LogP contribution is -2.23. The van der Waals surface area contributed by atoms with E-state index in [4.69, 9.17) is 0 Å². The van der Waals surface area contributed by atoms with Gasteiger partial charge in [-0.1, -0.05) is 28.1 Å². The maximum atomic E-state index is 13.0. The molecule has 0 aromatic heterocycles. The molecule has 2 aromatic rings. The highest BCUT2D eigenvalue weighted by Crippen LogP contribution is 2.11. The molecule has 0 bridgehead atoms. The lowest BCUT2D eigenvalue weighted by Gasteiger charge is -2.06. The first-order valence-electron chi connectivity index (χ1n) is 5.53. The topological polar surface area (TPSA) is 29.1 Å². The number of benzene rings is 2. The molecule has 1 N–H and O–H groups in total. The summed E-state index contributed by atoms with van der Waals surface area (Å²) in [6.07, 6.45) is 0. The fraction of sp³-hybridized carbons (Fsp3) is 0.0714. The van der Waals surface area contributed by atoms with Crippen molar-refractivity contribution in [2.75, 3.05) is 0 Å². The number of hydrogen-bond acceptors (Lipinski definition) is 1. The standard InChI is InChI=1S/C14H10BrF2NO/c15-11-3-1-9(2-4-11)8-18-14(19)10-5-12(16)7-13(17)6-10/h1-7H,8H2,(H,18,19).